The number of aliphatic hydroxyl groups is 1. The van der Waals surface area contributed by atoms with Crippen molar-refractivity contribution < 1.29 is 19.4 Å². The number of ketones is 1. The molecule has 4 heteroatoms. The van der Waals surface area contributed by atoms with Crippen molar-refractivity contribution in [1.29, 1.82) is 0 Å². The molecule has 1 aliphatic carbocycles. The second kappa shape index (κ2) is 3.87. The maximum absolute atomic E-state index is 11.3. The van der Waals surface area contributed by atoms with E-state index in [9.17, 15) is 14.7 Å². The Morgan fingerprint density at radius 1 is 1.62 bits per heavy atom. The number of rotatable bonds is 2. The van der Waals surface area contributed by atoms with Crippen molar-refractivity contribution in [3.63, 3.8) is 0 Å². The van der Waals surface area contributed by atoms with E-state index >= 15 is 0 Å². The number of hydrogen-bond donors (Lipinski definition) is 1. The molecule has 1 N–H and O–H groups in total. The highest BCUT2D eigenvalue weighted by atomic mass is 16.5. The Hall–Kier alpha value is -0.900. The molecule has 4 nitrogen and oxygen atoms in total. The smallest absolute Gasteiger partial charge is 0.345 e. The van der Waals surface area contributed by atoms with Crippen LogP contribution in [-0.4, -0.2) is 29.1 Å². The van der Waals surface area contributed by atoms with Gasteiger partial charge in [0, 0.05) is 6.42 Å². The summed E-state index contributed by atoms with van der Waals surface area (Å²) in [4.78, 5) is 22.5. The standard InChI is InChI=1S/C9H14O4/c1-2-13-8(11)9(12)6-4-3-5-7(9)10/h12H,2-6H2,1H3/t9-/m0/s1. The summed E-state index contributed by atoms with van der Waals surface area (Å²) in [5, 5.41) is 9.72. The third-order valence-electron chi connectivity index (χ3n) is 2.27. The van der Waals surface area contributed by atoms with Crippen molar-refractivity contribution >= 4 is 11.8 Å². The summed E-state index contributed by atoms with van der Waals surface area (Å²) in [6.45, 7) is 1.84. The first-order valence-electron chi connectivity index (χ1n) is 4.54. The topological polar surface area (TPSA) is 63.6 Å². The van der Waals surface area contributed by atoms with Gasteiger partial charge in [-0.15, -0.1) is 0 Å². The van der Waals surface area contributed by atoms with Crippen molar-refractivity contribution in [2.24, 2.45) is 0 Å². The van der Waals surface area contributed by atoms with E-state index in [1.165, 1.54) is 0 Å². The molecule has 0 bridgehead atoms. The van der Waals surface area contributed by atoms with Crippen LogP contribution in [0.2, 0.25) is 0 Å². The molecule has 0 aromatic carbocycles. The molecule has 0 saturated heterocycles. The van der Waals surface area contributed by atoms with Crippen LogP contribution in [0.5, 0.6) is 0 Å². The first kappa shape index (κ1) is 10.2. The summed E-state index contributed by atoms with van der Waals surface area (Å²) in [6, 6.07) is 0. The van der Waals surface area contributed by atoms with Crippen LogP contribution < -0.4 is 0 Å². The Balaban J connectivity index is 2.71. The molecule has 0 amide bonds. The van der Waals surface area contributed by atoms with Gasteiger partial charge < -0.3 is 9.84 Å². The largest absolute Gasteiger partial charge is 0.464 e. The highest BCUT2D eigenvalue weighted by Gasteiger charge is 2.46. The van der Waals surface area contributed by atoms with Crippen LogP contribution in [0.25, 0.3) is 0 Å². The molecule has 0 aliphatic heterocycles. The fraction of sp³-hybridized carbons (Fsp3) is 0.778. The van der Waals surface area contributed by atoms with Crippen LogP contribution in [0.4, 0.5) is 0 Å². The van der Waals surface area contributed by atoms with Crippen molar-refractivity contribution in [2.45, 2.75) is 38.2 Å². The molecule has 1 atom stereocenters. The Bertz CT molecular complexity index is 224. The van der Waals surface area contributed by atoms with Gasteiger partial charge in [-0.1, -0.05) is 0 Å². The van der Waals surface area contributed by atoms with Gasteiger partial charge in [-0.25, -0.2) is 4.79 Å². The Morgan fingerprint density at radius 3 is 2.85 bits per heavy atom. The van der Waals surface area contributed by atoms with Crippen molar-refractivity contribution in [3.8, 4) is 0 Å². The summed E-state index contributed by atoms with van der Waals surface area (Å²) in [5.41, 5.74) is -1.85. The van der Waals surface area contributed by atoms with Crippen LogP contribution in [-0.2, 0) is 14.3 Å². The Morgan fingerprint density at radius 2 is 2.31 bits per heavy atom. The normalized spacial score (nSPS) is 28.6. The lowest BCUT2D eigenvalue weighted by atomic mass is 9.84. The summed E-state index contributed by atoms with van der Waals surface area (Å²) in [5.74, 6) is -1.20. The first-order valence-corrected chi connectivity index (χ1v) is 4.54. The fourth-order valence-corrected chi connectivity index (χ4v) is 1.48. The lowest BCUT2D eigenvalue weighted by Crippen LogP contribution is -2.49. The quantitative estimate of drug-likeness (QED) is 0.501. The third-order valence-corrected chi connectivity index (χ3v) is 2.27. The molecular formula is C9H14O4. The van der Waals surface area contributed by atoms with E-state index in [2.05, 4.69) is 4.74 Å². The van der Waals surface area contributed by atoms with Crippen LogP contribution in [0.1, 0.15) is 32.6 Å². The fourth-order valence-electron chi connectivity index (χ4n) is 1.48. The average molecular weight is 186 g/mol. The summed E-state index contributed by atoms with van der Waals surface area (Å²) in [7, 11) is 0. The van der Waals surface area contributed by atoms with Crippen LogP contribution in [0, 0.1) is 0 Å². The highest BCUT2D eigenvalue weighted by molar-refractivity contribution is 6.07. The number of Topliss-reactive ketones (excluding diaryl/α,β-unsaturated/α-hetero) is 1. The molecule has 0 heterocycles. The summed E-state index contributed by atoms with van der Waals surface area (Å²) >= 11 is 0. The van der Waals surface area contributed by atoms with Gasteiger partial charge in [-0.2, -0.15) is 0 Å². The van der Waals surface area contributed by atoms with Gasteiger partial charge in [-0.3, -0.25) is 4.79 Å². The number of carbonyl (C=O) groups is 2. The monoisotopic (exact) mass is 186 g/mol. The summed E-state index contributed by atoms with van der Waals surface area (Å²) < 4.78 is 4.64. The van der Waals surface area contributed by atoms with E-state index in [0.29, 0.717) is 6.42 Å². The number of ether oxygens (including phenoxy) is 1. The van der Waals surface area contributed by atoms with E-state index in [-0.39, 0.29) is 19.4 Å². The first-order chi connectivity index (χ1) is 6.11. The molecule has 1 fully saturated rings. The molecule has 74 valence electrons. The van der Waals surface area contributed by atoms with E-state index in [4.69, 9.17) is 0 Å². The Labute approximate surface area is 76.9 Å². The molecule has 0 unspecified atom stereocenters. The van der Waals surface area contributed by atoms with Gasteiger partial charge in [0.2, 0.25) is 5.60 Å². The molecule has 13 heavy (non-hydrogen) atoms. The zero-order valence-corrected chi connectivity index (χ0v) is 7.71. The van der Waals surface area contributed by atoms with E-state index < -0.39 is 17.4 Å². The minimum atomic E-state index is -1.85. The SMILES string of the molecule is CCOC(=O)[C@]1(O)CCCCC1=O. The molecule has 0 aromatic rings. The highest BCUT2D eigenvalue weighted by Crippen LogP contribution is 2.26. The van der Waals surface area contributed by atoms with Gasteiger partial charge in [0.25, 0.3) is 0 Å². The van der Waals surface area contributed by atoms with Crippen molar-refractivity contribution in [3.05, 3.63) is 0 Å². The predicted molar refractivity (Wildman–Crippen MR) is 45.1 cm³/mol. The van der Waals surface area contributed by atoms with Crippen LogP contribution in [0.15, 0.2) is 0 Å². The van der Waals surface area contributed by atoms with Gasteiger partial charge in [0.15, 0.2) is 5.78 Å². The number of hydrogen-bond acceptors (Lipinski definition) is 4. The lowest BCUT2D eigenvalue weighted by molar-refractivity contribution is -0.172. The van der Waals surface area contributed by atoms with E-state index in [1.807, 2.05) is 0 Å². The molecule has 1 rings (SSSR count). The molecule has 0 radical (unpaired) electrons. The number of esters is 1. The van der Waals surface area contributed by atoms with E-state index in [0.717, 1.165) is 6.42 Å². The van der Waals surface area contributed by atoms with Crippen molar-refractivity contribution in [1.82, 2.24) is 0 Å². The molecule has 0 spiro atoms. The average Bonchev–Trinajstić information content (AvgIpc) is 2.11. The number of carbonyl (C=O) groups excluding carboxylic acids is 2. The zero-order valence-electron chi connectivity index (χ0n) is 7.71. The molecule has 0 aromatic heterocycles. The molecule has 1 saturated carbocycles. The minimum absolute atomic E-state index is 0.189. The van der Waals surface area contributed by atoms with Crippen LogP contribution >= 0.6 is 0 Å². The molecular weight excluding hydrogens is 172 g/mol. The molecule has 1 aliphatic rings. The van der Waals surface area contributed by atoms with Gasteiger partial charge in [-0.05, 0) is 26.2 Å². The second-order valence-corrected chi connectivity index (χ2v) is 3.21. The van der Waals surface area contributed by atoms with Crippen LogP contribution in [0.3, 0.4) is 0 Å². The van der Waals surface area contributed by atoms with Crippen molar-refractivity contribution in [2.75, 3.05) is 6.61 Å². The van der Waals surface area contributed by atoms with E-state index in [1.54, 1.807) is 6.92 Å². The third kappa shape index (κ3) is 1.88. The van der Waals surface area contributed by atoms with Gasteiger partial charge in [0.1, 0.15) is 0 Å². The lowest BCUT2D eigenvalue weighted by Gasteiger charge is -2.27. The zero-order chi connectivity index (χ0) is 9.90. The Kier molecular flexibility index (Phi) is 3.03. The second-order valence-electron chi connectivity index (χ2n) is 3.21. The van der Waals surface area contributed by atoms with Gasteiger partial charge >= 0.3 is 5.97 Å². The van der Waals surface area contributed by atoms with Gasteiger partial charge in [0.05, 0.1) is 6.61 Å². The maximum Gasteiger partial charge on any atom is 0.345 e. The summed E-state index contributed by atoms with van der Waals surface area (Å²) in [6.07, 6.45) is 1.92. The maximum atomic E-state index is 11.3. The minimum Gasteiger partial charge on any atom is -0.464 e. The predicted octanol–water partition coefficient (Wildman–Crippen LogP) is 0.424.